The summed E-state index contributed by atoms with van der Waals surface area (Å²) in [6.07, 6.45) is 0.881. The fraction of sp³-hybridized carbons (Fsp3) is 0.350. The van der Waals surface area contributed by atoms with Crippen molar-refractivity contribution >= 4 is 39.6 Å². The number of carbonyl (C=O) groups excluding carboxylic acids is 1. The zero-order valence-electron chi connectivity index (χ0n) is 15.7. The van der Waals surface area contributed by atoms with E-state index in [9.17, 15) is 10.1 Å². The van der Waals surface area contributed by atoms with Crippen molar-refractivity contribution in [2.75, 3.05) is 11.9 Å². The third-order valence-corrected chi connectivity index (χ3v) is 6.16. The molecule has 1 aromatic heterocycles. The fourth-order valence-corrected chi connectivity index (χ4v) is 4.73. The van der Waals surface area contributed by atoms with Crippen molar-refractivity contribution in [2.24, 2.45) is 0 Å². The molecule has 7 heteroatoms. The maximum Gasteiger partial charge on any atom is 0.257 e. The number of amides is 1. The van der Waals surface area contributed by atoms with Crippen molar-refractivity contribution in [3.05, 3.63) is 51.9 Å². The van der Waals surface area contributed by atoms with Gasteiger partial charge in [0, 0.05) is 12.0 Å². The molecule has 3 N–H and O–H groups in total. The van der Waals surface area contributed by atoms with Crippen LogP contribution in [0.2, 0.25) is 0 Å². The molecule has 1 aliphatic heterocycles. The average Bonchev–Trinajstić information content (AvgIpc) is 2.97. The topological polar surface area (TPSA) is 69.4 Å². The Morgan fingerprint density at radius 3 is 2.63 bits per heavy atom. The van der Waals surface area contributed by atoms with E-state index in [4.69, 9.17) is 12.2 Å². The summed E-state index contributed by atoms with van der Waals surface area (Å²) in [4.78, 5) is 15.0. The molecule has 0 bridgehead atoms. The summed E-state index contributed by atoms with van der Waals surface area (Å²) in [7, 11) is 0. The Morgan fingerprint density at radius 1 is 1.30 bits per heavy atom. The second kappa shape index (κ2) is 7.77. The molecule has 0 saturated carbocycles. The zero-order valence-corrected chi connectivity index (χ0v) is 17.3. The summed E-state index contributed by atoms with van der Waals surface area (Å²) < 4.78 is 0. The van der Waals surface area contributed by atoms with Crippen LogP contribution in [0.15, 0.2) is 30.3 Å². The molecule has 2 heterocycles. The van der Waals surface area contributed by atoms with Crippen LogP contribution in [-0.4, -0.2) is 23.1 Å². The summed E-state index contributed by atoms with van der Waals surface area (Å²) in [5, 5.41) is 16.3. The highest BCUT2D eigenvalue weighted by Crippen LogP contribution is 2.34. The Morgan fingerprint density at radius 2 is 2.00 bits per heavy atom. The van der Waals surface area contributed by atoms with Gasteiger partial charge in [-0.25, -0.2) is 0 Å². The second-order valence-electron chi connectivity index (χ2n) is 7.62. The van der Waals surface area contributed by atoms with Gasteiger partial charge in [-0.3, -0.25) is 10.1 Å². The van der Waals surface area contributed by atoms with Gasteiger partial charge in [0.2, 0.25) is 0 Å². The van der Waals surface area contributed by atoms with E-state index in [1.807, 2.05) is 6.07 Å². The second-order valence-corrected chi connectivity index (χ2v) is 9.14. The number of anilines is 1. The van der Waals surface area contributed by atoms with Gasteiger partial charge in [-0.05, 0) is 50.7 Å². The number of hydrogen-bond donors (Lipinski definition) is 3. The molecule has 140 valence electrons. The molecule has 0 saturated heterocycles. The fourth-order valence-electron chi connectivity index (χ4n) is 3.22. The molecule has 1 aromatic carbocycles. The van der Waals surface area contributed by atoms with Crippen molar-refractivity contribution in [2.45, 2.75) is 39.3 Å². The molecular formula is C20H23N4OS2+. The number of nitriles is 1. The van der Waals surface area contributed by atoms with Gasteiger partial charge in [-0.15, -0.1) is 11.3 Å². The van der Waals surface area contributed by atoms with Gasteiger partial charge in [0.15, 0.2) is 5.11 Å². The minimum atomic E-state index is -0.267. The van der Waals surface area contributed by atoms with E-state index in [1.54, 1.807) is 35.6 Å². The molecule has 1 unspecified atom stereocenters. The Balaban J connectivity index is 1.74. The highest BCUT2D eigenvalue weighted by atomic mass is 32.1. The molecule has 0 fully saturated rings. The number of nitrogens with one attached hydrogen (secondary N) is 3. The highest BCUT2D eigenvalue weighted by Gasteiger charge is 2.33. The highest BCUT2D eigenvalue weighted by molar-refractivity contribution is 7.80. The van der Waals surface area contributed by atoms with Gasteiger partial charge >= 0.3 is 0 Å². The molecule has 3 rings (SSSR count). The van der Waals surface area contributed by atoms with Crippen molar-refractivity contribution in [1.82, 2.24) is 5.32 Å². The van der Waals surface area contributed by atoms with Gasteiger partial charge in [0.05, 0.1) is 22.5 Å². The first kappa shape index (κ1) is 19.5. The molecule has 0 radical (unpaired) electrons. The third-order valence-electron chi connectivity index (χ3n) is 4.80. The maximum absolute atomic E-state index is 12.2. The normalized spacial score (nSPS) is 16.1. The molecule has 2 aromatic rings. The monoisotopic (exact) mass is 399 g/mol. The smallest absolute Gasteiger partial charge is 0.257 e. The molecule has 1 aliphatic rings. The number of fused-ring (bicyclic) bond motifs is 1. The lowest BCUT2D eigenvalue weighted by molar-refractivity contribution is -0.961. The number of thiocarbonyl (C=S) groups is 1. The van der Waals surface area contributed by atoms with Crippen LogP contribution in [0.25, 0.3) is 0 Å². The number of nitrogens with zero attached hydrogens (tertiary/aromatic N) is 1. The lowest BCUT2D eigenvalue weighted by atomic mass is 9.98. The third kappa shape index (κ3) is 4.35. The maximum atomic E-state index is 12.2. The predicted molar refractivity (Wildman–Crippen MR) is 112 cm³/mol. The van der Waals surface area contributed by atoms with Crippen molar-refractivity contribution < 1.29 is 9.69 Å². The molecule has 0 spiro atoms. The van der Waals surface area contributed by atoms with E-state index in [0.29, 0.717) is 11.1 Å². The van der Waals surface area contributed by atoms with Gasteiger partial charge in [-0.2, -0.15) is 5.26 Å². The number of rotatable bonds is 2. The predicted octanol–water partition coefficient (Wildman–Crippen LogP) is 2.49. The first-order valence-corrected chi connectivity index (χ1v) is 10.1. The minimum Gasteiger partial charge on any atom is -0.326 e. The summed E-state index contributed by atoms with van der Waals surface area (Å²) in [6.45, 7) is 8.62. The zero-order chi connectivity index (χ0) is 19.6. The van der Waals surface area contributed by atoms with Gasteiger partial charge in [-0.1, -0.05) is 18.2 Å². The minimum absolute atomic E-state index is 0.168. The lowest BCUT2D eigenvalue weighted by Gasteiger charge is -2.34. The number of carbonyl (C=O) groups is 1. The van der Waals surface area contributed by atoms with Crippen LogP contribution in [0.3, 0.4) is 0 Å². The lowest BCUT2D eigenvalue weighted by Crippen LogP contribution is -3.18. The quantitative estimate of drug-likeness (QED) is 0.679. The number of benzene rings is 1. The Hall–Kier alpha value is -2.27. The largest absolute Gasteiger partial charge is 0.326 e. The summed E-state index contributed by atoms with van der Waals surface area (Å²) in [5.74, 6) is -0.267. The van der Waals surface area contributed by atoms with E-state index < -0.39 is 0 Å². The van der Waals surface area contributed by atoms with Crippen LogP contribution in [0, 0.1) is 11.3 Å². The first-order valence-electron chi connectivity index (χ1n) is 8.87. The SMILES string of the molecule is CC(C)(C)[NH+]1CCc2c(sc(NC(=S)NC(=O)c3ccccc3)c2C#N)C1. The summed E-state index contributed by atoms with van der Waals surface area (Å²) in [5.41, 5.74) is 2.48. The number of thiophene rings is 1. The molecule has 1 amide bonds. The van der Waals surface area contributed by atoms with Gasteiger partial charge < -0.3 is 10.2 Å². The Labute approximate surface area is 169 Å². The van der Waals surface area contributed by atoms with Crippen LogP contribution in [0.4, 0.5) is 5.00 Å². The van der Waals surface area contributed by atoms with E-state index in [-0.39, 0.29) is 16.6 Å². The van der Waals surface area contributed by atoms with Crippen molar-refractivity contribution in [3.63, 3.8) is 0 Å². The Bertz CT molecular complexity index is 907. The van der Waals surface area contributed by atoms with E-state index in [0.717, 1.165) is 30.1 Å². The van der Waals surface area contributed by atoms with Crippen LogP contribution in [-0.2, 0) is 13.0 Å². The molecular weight excluding hydrogens is 376 g/mol. The van der Waals surface area contributed by atoms with Crippen molar-refractivity contribution in [1.29, 1.82) is 5.26 Å². The van der Waals surface area contributed by atoms with Gasteiger partial charge in [0.25, 0.3) is 5.91 Å². The first-order chi connectivity index (χ1) is 12.8. The van der Waals surface area contributed by atoms with Crippen molar-refractivity contribution in [3.8, 4) is 6.07 Å². The van der Waals surface area contributed by atoms with Crippen LogP contribution in [0.1, 0.15) is 47.1 Å². The number of quaternary nitrogens is 1. The van der Waals surface area contributed by atoms with E-state index in [2.05, 4.69) is 37.5 Å². The van der Waals surface area contributed by atoms with E-state index in [1.165, 1.54) is 9.78 Å². The van der Waals surface area contributed by atoms with Crippen LogP contribution >= 0.6 is 23.6 Å². The molecule has 0 aliphatic carbocycles. The standard InChI is InChI=1S/C20H22N4OS2/c1-20(2,3)24-10-9-14-15(11-21)18(27-16(14)12-24)23-19(26)22-17(25)13-7-5-4-6-8-13/h4-8H,9-10,12H2,1-3H3,(H2,22,23,25,26)/p+1. The number of hydrogen-bond acceptors (Lipinski definition) is 4. The molecule has 27 heavy (non-hydrogen) atoms. The van der Waals surface area contributed by atoms with Gasteiger partial charge in [0.1, 0.15) is 17.6 Å². The Kier molecular flexibility index (Phi) is 5.61. The van der Waals surface area contributed by atoms with E-state index >= 15 is 0 Å². The summed E-state index contributed by atoms with van der Waals surface area (Å²) >= 11 is 6.86. The molecule has 5 nitrogen and oxygen atoms in total. The average molecular weight is 400 g/mol. The summed E-state index contributed by atoms with van der Waals surface area (Å²) in [6, 6.07) is 11.2. The molecule has 1 atom stereocenters. The van der Waals surface area contributed by atoms with Crippen LogP contribution < -0.4 is 15.5 Å². The van der Waals surface area contributed by atoms with Crippen LogP contribution in [0.5, 0.6) is 0 Å².